The molecule has 0 aromatic heterocycles. The first-order valence-electron chi connectivity index (χ1n) is 4.61. The first-order valence-corrected chi connectivity index (χ1v) is 5.02. The first-order chi connectivity index (χ1) is 7.61. The monoisotopic (exact) mass is 236 g/mol. The molecule has 0 unspecified atom stereocenters. The molecule has 84 valence electrons. The van der Waals surface area contributed by atoms with Crippen LogP contribution >= 0.6 is 12.2 Å². The van der Waals surface area contributed by atoms with Crippen LogP contribution in [0.25, 0.3) is 6.08 Å². The van der Waals surface area contributed by atoms with Gasteiger partial charge in [0.1, 0.15) is 0 Å². The van der Waals surface area contributed by atoms with Crippen LogP contribution in [0.5, 0.6) is 0 Å². The van der Waals surface area contributed by atoms with Crippen molar-refractivity contribution >= 4 is 35.1 Å². The van der Waals surface area contributed by atoms with Crippen LogP contribution in [0.3, 0.4) is 0 Å². The Hall–Kier alpha value is -1.88. The molecule has 0 saturated carbocycles. The topological polar surface area (TPSA) is 61.4 Å². The molecule has 0 saturated heterocycles. The fourth-order valence-electron chi connectivity index (χ4n) is 1.04. The summed E-state index contributed by atoms with van der Waals surface area (Å²) in [7, 11) is 1.74. The van der Waals surface area contributed by atoms with Crippen LogP contribution < -0.4 is 10.6 Å². The van der Waals surface area contributed by atoms with Gasteiger partial charge in [-0.2, -0.15) is 0 Å². The van der Waals surface area contributed by atoms with Gasteiger partial charge in [-0.15, -0.1) is 0 Å². The van der Waals surface area contributed by atoms with Gasteiger partial charge in [0.2, 0.25) is 0 Å². The van der Waals surface area contributed by atoms with E-state index in [0.717, 1.165) is 17.3 Å². The van der Waals surface area contributed by atoms with Gasteiger partial charge >= 0.3 is 5.97 Å². The highest BCUT2D eigenvalue weighted by molar-refractivity contribution is 7.80. The second-order valence-electron chi connectivity index (χ2n) is 3.00. The highest BCUT2D eigenvalue weighted by Gasteiger charge is 1.94. The van der Waals surface area contributed by atoms with Crippen LogP contribution in [-0.4, -0.2) is 23.2 Å². The van der Waals surface area contributed by atoms with Gasteiger partial charge < -0.3 is 15.7 Å². The van der Waals surface area contributed by atoms with Gasteiger partial charge in [-0.25, -0.2) is 4.79 Å². The lowest BCUT2D eigenvalue weighted by atomic mass is 10.2. The molecule has 0 aliphatic rings. The number of hydrogen-bond donors (Lipinski definition) is 3. The van der Waals surface area contributed by atoms with Crippen molar-refractivity contribution in [2.75, 3.05) is 12.4 Å². The molecule has 16 heavy (non-hydrogen) atoms. The standard InChI is InChI=1S/C11H12N2O2S/c1-12-11(16)13-9-5-2-8(3-6-9)4-7-10(14)15/h2-7H,1H3,(H,14,15)(H2,12,13,16)/b7-4+. The second-order valence-corrected chi connectivity index (χ2v) is 3.41. The summed E-state index contributed by atoms with van der Waals surface area (Å²) in [6.45, 7) is 0. The number of rotatable bonds is 3. The third kappa shape index (κ3) is 4.10. The van der Waals surface area contributed by atoms with E-state index in [1.807, 2.05) is 12.1 Å². The molecule has 0 atom stereocenters. The number of anilines is 1. The minimum Gasteiger partial charge on any atom is -0.478 e. The molecular formula is C11H12N2O2S. The van der Waals surface area contributed by atoms with E-state index in [1.54, 1.807) is 19.2 Å². The first kappa shape index (κ1) is 12.2. The number of carboxylic acids is 1. The second kappa shape index (κ2) is 5.87. The van der Waals surface area contributed by atoms with Gasteiger partial charge in [0.05, 0.1) is 0 Å². The Bertz CT molecular complexity index is 412. The summed E-state index contributed by atoms with van der Waals surface area (Å²) < 4.78 is 0. The summed E-state index contributed by atoms with van der Waals surface area (Å²) in [6.07, 6.45) is 2.63. The third-order valence-electron chi connectivity index (χ3n) is 1.81. The van der Waals surface area contributed by atoms with Crippen molar-refractivity contribution in [2.24, 2.45) is 0 Å². The molecule has 1 aromatic rings. The molecule has 1 rings (SSSR count). The van der Waals surface area contributed by atoms with Gasteiger partial charge in [-0.3, -0.25) is 0 Å². The summed E-state index contributed by atoms with van der Waals surface area (Å²) in [5.41, 5.74) is 1.68. The van der Waals surface area contributed by atoms with Crippen molar-refractivity contribution in [3.8, 4) is 0 Å². The molecule has 0 fully saturated rings. The molecule has 0 aliphatic heterocycles. The molecule has 0 bridgehead atoms. The zero-order chi connectivity index (χ0) is 12.0. The zero-order valence-electron chi connectivity index (χ0n) is 8.73. The van der Waals surface area contributed by atoms with Crippen LogP contribution in [0.4, 0.5) is 5.69 Å². The predicted octanol–water partition coefficient (Wildman–Crippen LogP) is 1.70. The van der Waals surface area contributed by atoms with E-state index in [1.165, 1.54) is 6.08 Å². The number of benzene rings is 1. The highest BCUT2D eigenvalue weighted by atomic mass is 32.1. The maximum Gasteiger partial charge on any atom is 0.328 e. The average molecular weight is 236 g/mol. The maximum absolute atomic E-state index is 10.3. The van der Waals surface area contributed by atoms with Crippen molar-refractivity contribution in [3.05, 3.63) is 35.9 Å². The highest BCUT2D eigenvalue weighted by Crippen LogP contribution is 2.10. The molecule has 0 radical (unpaired) electrons. The van der Waals surface area contributed by atoms with E-state index in [9.17, 15) is 4.79 Å². The quantitative estimate of drug-likeness (QED) is 0.551. The minimum absolute atomic E-state index is 0.536. The predicted molar refractivity (Wildman–Crippen MR) is 68.4 cm³/mol. The Kier molecular flexibility index (Phi) is 4.47. The van der Waals surface area contributed by atoms with E-state index < -0.39 is 5.97 Å². The SMILES string of the molecule is CNC(=S)Nc1ccc(/C=C/C(=O)O)cc1. The smallest absolute Gasteiger partial charge is 0.328 e. The lowest BCUT2D eigenvalue weighted by Crippen LogP contribution is -2.23. The normalized spacial score (nSPS) is 10.1. The van der Waals surface area contributed by atoms with Gasteiger partial charge in [-0.1, -0.05) is 12.1 Å². The summed E-state index contributed by atoms with van der Waals surface area (Å²) in [4.78, 5) is 10.3. The maximum atomic E-state index is 10.3. The fourth-order valence-corrected chi connectivity index (χ4v) is 1.16. The zero-order valence-corrected chi connectivity index (χ0v) is 9.54. The summed E-state index contributed by atoms with van der Waals surface area (Å²) in [6, 6.07) is 7.26. The molecule has 0 spiro atoms. The lowest BCUT2D eigenvalue weighted by molar-refractivity contribution is -0.131. The van der Waals surface area contributed by atoms with Crippen LogP contribution in [0, 0.1) is 0 Å². The van der Waals surface area contributed by atoms with Crippen LogP contribution in [0.1, 0.15) is 5.56 Å². The van der Waals surface area contributed by atoms with E-state index in [-0.39, 0.29) is 0 Å². The van der Waals surface area contributed by atoms with Crippen molar-refractivity contribution in [3.63, 3.8) is 0 Å². The van der Waals surface area contributed by atoms with E-state index in [2.05, 4.69) is 10.6 Å². The van der Waals surface area contributed by atoms with Gasteiger partial charge in [0, 0.05) is 18.8 Å². The lowest BCUT2D eigenvalue weighted by Gasteiger charge is -2.06. The summed E-state index contributed by atoms with van der Waals surface area (Å²) in [5, 5.41) is 14.8. The molecular weight excluding hydrogens is 224 g/mol. The number of hydrogen-bond acceptors (Lipinski definition) is 2. The van der Waals surface area contributed by atoms with Gasteiger partial charge in [0.25, 0.3) is 0 Å². The Morgan fingerprint density at radius 2 is 2.00 bits per heavy atom. The molecule has 0 amide bonds. The molecule has 5 heteroatoms. The molecule has 0 heterocycles. The third-order valence-corrected chi connectivity index (χ3v) is 2.12. The Balaban J connectivity index is 2.68. The van der Waals surface area contributed by atoms with Crippen molar-refractivity contribution < 1.29 is 9.90 Å². The van der Waals surface area contributed by atoms with E-state index >= 15 is 0 Å². The van der Waals surface area contributed by atoms with Gasteiger partial charge in [0.15, 0.2) is 5.11 Å². The summed E-state index contributed by atoms with van der Waals surface area (Å²) >= 11 is 4.94. The summed E-state index contributed by atoms with van der Waals surface area (Å²) in [5.74, 6) is -0.960. The molecule has 1 aromatic carbocycles. The molecule has 4 nitrogen and oxygen atoms in total. The van der Waals surface area contributed by atoms with Crippen LogP contribution in [0.15, 0.2) is 30.3 Å². The Morgan fingerprint density at radius 3 is 2.50 bits per heavy atom. The molecule has 0 aliphatic carbocycles. The minimum atomic E-state index is -0.960. The number of aliphatic carboxylic acids is 1. The van der Waals surface area contributed by atoms with Crippen molar-refractivity contribution in [2.45, 2.75) is 0 Å². The van der Waals surface area contributed by atoms with E-state index in [4.69, 9.17) is 17.3 Å². The number of carbonyl (C=O) groups is 1. The van der Waals surface area contributed by atoms with E-state index in [0.29, 0.717) is 5.11 Å². The van der Waals surface area contributed by atoms with Crippen molar-refractivity contribution in [1.82, 2.24) is 5.32 Å². The Labute approximate surface area is 99.0 Å². The van der Waals surface area contributed by atoms with Crippen LogP contribution in [-0.2, 0) is 4.79 Å². The largest absolute Gasteiger partial charge is 0.478 e. The Morgan fingerprint density at radius 1 is 1.38 bits per heavy atom. The molecule has 3 N–H and O–H groups in total. The van der Waals surface area contributed by atoms with Gasteiger partial charge in [-0.05, 0) is 36.0 Å². The fraction of sp³-hybridized carbons (Fsp3) is 0.0909. The van der Waals surface area contributed by atoms with Crippen LogP contribution in [0.2, 0.25) is 0 Å². The number of thiocarbonyl (C=S) groups is 1. The average Bonchev–Trinajstić information content (AvgIpc) is 2.28. The van der Waals surface area contributed by atoms with Crippen molar-refractivity contribution in [1.29, 1.82) is 0 Å². The number of carboxylic acid groups (broad SMARTS) is 1. The number of nitrogens with one attached hydrogen (secondary N) is 2.